The molecule has 9 aromatic carbocycles. The van der Waals surface area contributed by atoms with Crippen LogP contribution in [0.2, 0.25) is 0 Å². The van der Waals surface area contributed by atoms with Gasteiger partial charge in [-0.2, -0.15) is 0 Å². The van der Waals surface area contributed by atoms with Crippen LogP contribution in [0.1, 0.15) is 22.3 Å². The van der Waals surface area contributed by atoms with Crippen molar-refractivity contribution in [2.45, 2.75) is 5.41 Å². The topological polar surface area (TPSA) is 12.0 Å². The Kier molecular flexibility index (Phi) is 7.33. The summed E-state index contributed by atoms with van der Waals surface area (Å²) in [6, 6.07) is 75.6. The average molecular weight is 718 g/mol. The van der Waals surface area contributed by atoms with Crippen LogP contribution in [-0.2, 0) is 5.41 Å². The standard InChI is InChI=1S/C53H35NS/c1-3-15-39(16-4-1)53(40-17-5-2-6-18-40)49-24-10-9-21-45(49)46-31-28-38(34-50(46)53)37-14-11-19-42(33-37)54-41-29-25-36(26-30-41)44-22-12-23-47-48-32-27-35-13-7-8-20-43(35)52(48)55-51(44)47/h1-34,54H. The van der Waals surface area contributed by atoms with E-state index in [-0.39, 0.29) is 0 Å². The second-order valence-electron chi connectivity index (χ2n) is 14.5. The number of nitrogens with one attached hydrogen (secondary N) is 1. The summed E-state index contributed by atoms with van der Waals surface area (Å²) < 4.78 is 2.70. The van der Waals surface area contributed by atoms with Gasteiger partial charge in [0, 0.05) is 31.5 Å². The maximum absolute atomic E-state index is 3.71. The highest BCUT2D eigenvalue weighted by atomic mass is 32.1. The van der Waals surface area contributed by atoms with Gasteiger partial charge in [-0.05, 0) is 96.7 Å². The summed E-state index contributed by atoms with van der Waals surface area (Å²) in [5.74, 6) is 0. The number of hydrogen-bond donors (Lipinski definition) is 1. The molecule has 2 heteroatoms. The van der Waals surface area contributed by atoms with E-state index in [1.54, 1.807) is 0 Å². The third kappa shape index (κ3) is 4.99. The van der Waals surface area contributed by atoms with Gasteiger partial charge in [0.2, 0.25) is 0 Å². The van der Waals surface area contributed by atoms with Gasteiger partial charge in [0.05, 0.1) is 5.41 Å². The molecule has 0 unspecified atom stereocenters. The summed E-state index contributed by atoms with van der Waals surface area (Å²) in [5.41, 5.74) is 14.4. The molecule has 0 atom stereocenters. The summed E-state index contributed by atoms with van der Waals surface area (Å²) in [6.07, 6.45) is 0. The van der Waals surface area contributed by atoms with Crippen LogP contribution in [0.3, 0.4) is 0 Å². The molecule has 258 valence electrons. The van der Waals surface area contributed by atoms with Gasteiger partial charge in [-0.25, -0.2) is 0 Å². The molecule has 0 amide bonds. The SMILES string of the molecule is c1ccc(C2(c3ccccc3)c3ccccc3-c3ccc(-c4cccc(Nc5ccc(-c6cccc7c6sc6c8ccccc8ccc76)cc5)c4)cc32)cc1. The Labute approximate surface area is 324 Å². The Bertz CT molecular complexity index is 3010. The van der Waals surface area contributed by atoms with E-state index < -0.39 is 5.41 Å². The molecule has 0 saturated heterocycles. The predicted octanol–water partition coefficient (Wildman–Crippen LogP) is 14.6. The number of benzene rings is 9. The highest BCUT2D eigenvalue weighted by molar-refractivity contribution is 7.27. The van der Waals surface area contributed by atoms with Gasteiger partial charge in [-0.3, -0.25) is 0 Å². The lowest BCUT2D eigenvalue weighted by molar-refractivity contribution is 0.769. The molecule has 55 heavy (non-hydrogen) atoms. The van der Waals surface area contributed by atoms with Gasteiger partial charge < -0.3 is 5.32 Å². The molecule has 1 heterocycles. The lowest BCUT2D eigenvalue weighted by Crippen LogP contribution is -2.28. The van der Waals surface area contributed by atoms with E-state index in [1.807, 2.05) is 11.3 Å². The molecule has 0 bridgehead atoms. The minimum atomic E-state index is -0.421. The first-order valence-corrected chi connectivity index (χ1v) is 19.7. The molecule has 0 fully saturated rings. The molecule has 1 aromatic heterocycles. The van der Waals surface area contributed by atoms with Crippen LogP contribution in [0.4, 0.5) is 11.4 Å². The van der Waals surface area contributed by atoms with Crippen molar-refractivity contribution in [2.75, 3.05) is 5.32 Å². The molecule has 1 aliphatic carbocycles. The molecule has 0 saturated carbocycles. The number of fused-ring (bicyclic) bond motifs is 8. The van der Waals surface area contributed by atoms with Crippen molar-refractivity contribution in [2.24, 2.45) is 0 Å². The zero-order chi connectivity index (χ0) is 36.3. The lowest BCUT2D eigenvalue weighted by Gasteiger charge is -2.34. The number of anilines is 2. The number of thiophene rings is 1. The Morgan fingerprint density at radius 1 is 0.345 bits per heavy atom. The fraction of sp³-hybridized carbons (Fsp3) is 0.0189. The van der Waals surface area contributed by atoms with Crippen LogP contribution in [-0.4, -0.2) is 0 Å². The van der Waals surface area contributed by atoms with Gasteiger partial charge in [0.15, 0.2) is 0 Å². The quantitative estimate of drug-likeness (QED) is 0.181. The van der Waals surface area contributed by atoms with Crippen LogP contribution < -0.4 is 5.32 Å². The van der Waals surface area contributed by atoms with Gasteiger partial charge in [0.25, 0.3) is 0 Å². The smallest absolute Gasteiger partial charge is 0.0713 e. The molecule has 1 aliphatic rings. The maximum atomic E-state index is 3.71. The van der Waals surface area contributed by atoms with E-state index in [4.69, 9.17) is 0 Å². The Hall–Kier alpha value is -6.74. The van der Waals surface area contributed by atoms with Crippen LogP contribution in [0.25, 0.3) is 64.3 Å². The van der Waals surface area contributed by atoms with Gasteiger partial charge in [-0.15, -0.1) is 11.3 Å². The van der Waals surface area contributed by atoms with Crippen molar-refractivity contribution in [3.8, 4) is 33.4 Å². The third-order valence-electron chi connectivity index (χ3n) is 11.5. The molecular formula is C53H35NS. The van der Waals surface area contributed by atoms with Crippen LogP contribution in [0, 0.1) is 0 Å². The fourth-order valence-electron chi connectivity index (χ4n) is 9.05. The summed E-state index contributed by atoms with van der Waals surface area (Å²) >= 11 is 1.90. The van der Waals surface area contributed by atoms with Crippen molar-refractivity contribution in [3.05, 3.63) is 229 Å². The van der Waals surface area contributed by atoms with Crippen LogP contribution in [0.5, 0.6) is 0 Å². The Balaban J connectivity index is 0.946. The third-order valence-corrected chi connectivity index (χ3v) is 12.8. The predicted molar refractivity (Wildman–Crippen MR) is 235 cm³/mol. The fourth-order valence-corrected chi connectivity index (χ4v) is 10.4. The Morgan fingerprint density at radius 3 is 1.78 bits per heavy atom. The summed E-state index contributed by atoms with van der Waals surface area (Å²) in [6.45, 7) is 0. The van der Waals surface area contributed by atoms with Crippen molar-refractivity contribution < 1.29 is 0 Å². The van der Waals surface area contributed by atoms with E-state index >= 15 is 0 Å². The molecule has 10 aromatic rings. The zero-order valence-electron chi connectivity index (χ0n) is 30.0. The van der Waals surface area contributed by atoms with Crippen molar-refractivity contribution >= 4 is 53.7 Å². The molecule has 11 rings (SSSR count). The summed E-state index contributed by atoms with van der Waals surface area (Å²) in [5, 5.41) is 8.97. The van der Waals surface area contributed by atoms with Crippen molar-refractivity contribution in [1.82, 2.24) is 0 Å². The second-order valence-corrected chi connectivity index (χ2v) is 15.5. The molecule has 1 N–H and O–H groups in total. The van der Waals surface area contributed by atoms with Crippen molar-refractivity contribution in [1.29, 1.82) is 0 Å². The van der Waals surface area contributed by atoms with E-state index in [9.17, 15) is 0 Å². The molecule has 0 radical (unpaired) electrons. The van der Waals surface area contributed by atoms with Gasteiger partial charge in [-0.1, -0.05) is 176 Å². The molecule has 0 aliphatic heterocycles. The minimum absolute atomic E-state index is 0.421. The van der Waals surface area contributed by atoms with Gasteiger partial charge in [0.1, 0.15) is 0 Å². The van der Waals surface area contributed by atoms with E-state index in [0.717, 1.165) is 11.4 Å². The molecule has 1 nitrogen and oxygen atoms in total. The Morgan fingerprint density at radius 2 is 0.964 bits per heavy atom. The van der Waals surface area contributed by atoms with Crippen molar-refractivity contribution in [3.63, 3.8) is 0 Å². The second kappa shape index (κ2) is 12.7. The van der Waals surface area contributed by atoms with E-state index in [1.165, 1.54) is 86.6 Å². The highest BCUT2D eigenvalue weighted by Gasteiger charge is 2.46. The van der Waals surface area contributed by atoms with Crippen LogP contribution >= 0.6 is 11.3 Å². The first-order valence-electron chi connectivity index (χ1n) is 18.9. The summed E-state index contributed by atoms with van der Waals surface area (Å²) in [4.78, 5) is 0. The monoisotopic (exact) mass is 717 g/mol. The lowest BCUT2D eigenvalue weighted by atomic mass is 9.67. The average Bonchev–Trinajstić information content (AvgIpc) is 3.79. The molecule has 0 spiro atoms. The largest absolute Gasteiger partial charge is 0.356 e. The van der Waals surface area contributed by atoms with E-state index in [0.29, 0.717) is 0 Å². The molecular weight excluding hydrogens is 683 g/mol. The maximum Gasteiger partial charge on any atom is 0.0713 e. The van der Waals surface area contributed by atoms with E-state index in [2.05, 4.69) is 212 Å². The zero-order valence-corrected chi connectivity index (χ0v) is 30.9. The van der Waals surface area contributed by atoms with Gasteiger partial charge >= 0.3 is 0 Å². The number of rotatable bonds is 6. The highest BCUT2D eigenvalue weighted by Crippen LogP contribution is 2.56. The normalized spacial score (nSPS) is 12.9. The first-order chi connectivity index (χ1) is 27.3. The number of hydrogen-bond acceptors (Lipinski definition) is 2. The first kappa shape index (κ1) is 31.8. The summed E-state index contributed by atoms with van der Waals surface area (Å²) in [7, 11) is 0. The minimum Gasteiger partial charge on any atom is -0.356 e. The van der Waals surface area contributed by atoms with Crippen LogP contribution in [0.15, 0.2) is 206 Å².